The van der Waals surface area contributed by atoms with Gasteiger partial charge in [-0.1, -0.05) is 12.8 Å². The highest BCUT2D eigenvalue weighted by Crippen LogP contribution is 2.33. The normalized spacial score (nSPS) is 19.5. The Morgan fingerprint density at radius 1 is 1.11 bits per heavy atom. The molecule has 0 bridgehead atoms. The molecular weight excluding hydrogens is 358 g/mol. The van der Waals surface area contributed by atoms with Gasteiger partial charge in [0.1, 0.15) is 11.5 Å². The second-order valence-corrected chi connectivity index (χ2v) is 7.02. The molecule has 9 heteroatoms. The van der Waals surface area contributed by atoms with Crippen molar-refractivity contribution in [1.29, 1.82) is 0 Å². The zero-order valence-electron chi connectivity index (χ0n) is 16.1. The van der Waals surface area contributed by atoms with Gasteiger partial charge in [-0.15, -0.1) is 5.10 Å². The Bertz CT molecular complexity index is 966. The minimum atomic E-state index is 0.0885. The molecule has 3 aromatic rings. The van der Waals surface area contributed by atoms with Crippen molar-refractivity contribution in [2.45, 2.75) is 37.6 Å². The van der Waals surface area contributed by atoms with Gasteiger partial charge in [0.25, 0.3) is 0 Å². The number of rotatable bonds is 5. The number of methoxy groups -OCH3 is 2. The molecule has 9 nitrogen and oxygen atoms in total. The minimum absolute atomic E-state index is 0.0885. The Morgan fingerprint density at radius 2 is 1.82 bits per heavy atom. The molecule has 0 saturated heterocycles. The van der Waals surface area contributed by atoms with Gasteiger partial charge in [0.05, 0.1) is 26.1 Å². The Balaban J connectivity index is 1.72. The van der Waals surface area contributed by atoms with E-state index in [1.165, 1.54) is 0 Å². The fourth-order valence-electron chi connectivity index (χ4n) is 3.75. The molecule has 0 aliphatic heterocycles. The van der Waals surface area contributed by atoms with Crippen molar-refractivity contribution >= 4 is 23.1 Å². The number of nitrogens with zero attached hydrogens (tertiary/aromatic N) is 4. The minimum Gasteiger partial charge on any atom is -0.497 e. The van der Waals surface area contributed by atoms with Crippen molar-refractivity contribution in [2.24, 2.45) is 5.73 Å². The Labute approximate surface area is 163 Å². The molecule has 0 spiro atoms. The number of hydrogen-bond donors (Lipinski definition) is 3. The molecule has 148 valence electrons. The molecule has 5 N–H and O–H groups in total. The summed E-state index contributed by atoms with van der Waals surface area (Å²) in [5.41, 5.74) is 14.6. The first-order valence-corrected chi connectivity index (χ1v) is 9.36. The summed E-state index contributed by atoms with van der Waals surface area (Å²) in [5.74, 6) is 2.27. The maximum absolute atomic E-state index is 6.37. The molecule has 1 aliphatic carbocycles. The first kappa shape index (κ1) is 18.3. The van der Waals surface area contributed by atoms with Crippen LogP contribution in [0.3, 0.4) is 0 Å². The predicted octanol–water partition coefficient (Wildman–Crippen LogP) is 2.45. The Morgan fingerprint density at radius 3 is 2.50 bits per heavy atom. The summed E-state index contributed by atoms with van der Waals surface area (Å²) < 4.78 is 12.4. The lowest BCUT2D eigenvalue weighted by Gasteiger charge is -2.28. The average molecular weight is 383 g/mol. The van der Waals surface area contributed by atoms with Crippen LogP contribution in [-0.4, -0.2) is 39.8 Å². The van der Waals surface area contributed by atoms with Gasteiger partial charge < -0.3 is 26.3 Å². The van der Waals surface area contributed by atoms with E-state index in [2.05, 4.69) is 20.4 Å². The Hall–Kier alpha value is -3.07. The van der Waals surface area contributed by atoms with E-state index in [9.17, 15) is 0 Å². The van der Waals surface area contributed by atoms with Crippen LogP contribution in [-0.2, 0) is 0 Å². The van der Waals surface area contributed by atoms with Crippen LogP contribution in [0.5, 0.6) is 11.5 Å². The number of nitrogens with two attached hydrogens (primary N) is 2. The third-order valence-corrected chi connectivity index (χ3v) is 5.22. The Kier molecular flexibility index (Phi) is 4.91. The zero-order valence-corrected chi connectivity index (χ0v) is 16.1. The molecule has 4 rings (SSSR count). The standard InChI is InChI=1S/C19H25N7O2/c1-27-12-7-11(8-13(9-12)28-2)23-19-24-18-17(21)22-10-16(26(18)25-19)14-5-3-4-6-15(14)20/h7-10,14-15H,3-6,20H2,1-2H3,(H2,21,22)(H,23,25). The van der Waals surface area contributed by atoms with E-state index in [1.807, 2.05) is 12.1 Å². The fraction of sp³-hybridized carbons (Fsp3) is 0.421. The van der Waals surface area contributed by atoms with Crippen molar-refractivity contribution in [2.75, 3.05) is 25.3 Å². The quantitative estimate of drug-likeness (QED) is 0.613. The lowest BCUT2D eigenvalue weighted by molar-refractivity contribution is 0.374. The number of nitrogen functional groups attached to an aromatic ring is 1. The molecule has 0 radical (unpaired) electrons. The number of benzene rings is 1. The molecule has 2 heterocycles. The smallest absolute Gasteiger partial charge is 0.247 e. The number of fused-ring (bicyclic) bond motifs is 1. The summed E-state index contributed by atoms with van der Waals surface area (Å²) in [4.78, 5) is 8.85. The number of nitrogens with one attached hydrogen (secondary N) is 1. The molecule has 0 amide bonds. The predicted molar refractivity (Wildman–Crippen MR) is 107 cm³/mol. The molecule has 1 aromatic carbocycles. The van der Waals surface area contributed by atoms with Gasteiger partial charge in [-0.25, -0.2) is 9.50 Å². The second kappa shape index (κ2) is 7.51. The molecule has 2 atom stereocenters. The maximum Gasteiger partial charge on any atom is 0.247 e. The largest absolute Gasteiger partial charge is 0.497 e. The van der Waals surface area contributed by atoms with Crippen LogP contribution >= 0.6 is 0 Å². The van der Waals surface area contributed by atoms with Crippen molar-refractivity contribution in [3.05, 3.63) is 30.1 Å². The highest BCUT2D eigenvalue weighted by Gasteiger charge is 2.27. The van der Waals surface area contributed by atoms with Crippen LogP contribution in [0.25, 0.3) is 5.65 Å². The topological polar surface area (TPSA) is 126 Å². The van der Waals surface area contributed by atoms with E-state index in [-0.39, 0.29) is 12.0 Å². The molecule has 28 heavy (non-hydrogen) atoms. The summed E-state index contributed by atoms with van der Waals surface area (Å²) >= 11 is 0. The lowest BCUT2D eigenvalue weighted by Crippen LogP contribution is -2.32. The van der Waals surface area contributed by atoms with Crippen LogP contribution in [0.1, 0.15) is 37.3 Å². The molecule has 1 aliphatic rings. The molecule has 1 fully saturated rings. The van der Waals surface area contributed by atoms with Crippen molar-refractivity contribution in [1.82, 2.24) is 19.6 Å². The van der Waals surface area contributed by atoms with Crippen molar-refractivity contribution in [3.8, 4) is 11.5 Å². The summed E-state index contributed by atoms with van der Waals surface area (Å²) in [6.07, 6.45) is 6.08. The first-order valence-electron chi connectivity index (χ1n) is 9.36. The van der Waals surface area contributed by atoms with E-state index in [0.29, 0.717) is 28.9 Å². The van der Waals surface area contributed by atoms with Gasteiger partial charge in [0.2, 0.25) is 5.95 Å². The molecule has 2 unspecified atom stereocenters. The monoisotopic (exact) mass is 383 g/mol. The van der Waals surface area contributed by atoms with Crippen LogP contribution in [0, 0.1) is 0 Å². The second-order valence-electron chi connectivity index (χ2n) is 7.02. The van der Waals surface area contributed by atoms with Gasteiger partial charge in [0.15, 0.2) is 11.5 Å². The van der Waals surface area contributed by atoms with Gasteiger partial charge >= 0.3 is 0 Å². The van der Waals surface area contributed by atoms with Crippen LogP contribution in [0.15, 0.2) is 24.4 Å². The number of anilines is 3. The van der Waals surface area contributed by atoms with Gasteiger partial charge in [0, 0.05) is 35.8 Å². The van der Waals surface area contributed by atoms with Gasteiger partial charge in [-0.3, -0.25) is 0 Å². The van der Waals surface area contributed by atoms with Gasteiger partial charge in [-0.05, 0) is 12.8 Å². The SMILES string of the molecule is COc1cc(Nc2nc3c(N)ncc(C4CCCCC4N)n3n2)cc(OC)c1. The highest BCUT2D eigenvalue weighted by atomic mass is 16.5. The lowest BCUT2D eigenvalue weighted by atomic mass is 9.83. The zero-order chi connectivity index (χ0) is 19.7. The average Bonchev–Trinajstić information content (AvgIpc) is 3.13. The van der Waals surface area contributed by atoms with Gasteiger partial charge in [-0.2, -0.15) is 4.98 Å². The summed E-state index contributed by atoms with van der Waals surface area (Å²) in [6.45, 7) is 0. The van der Waals surface area contributed by atoms with Crippen LogP contribution in [0.4, 0.5) is 17.5 Å². The summed E-state index contributed by atoms with van der Waals surface area (Å²) in [5, 5.41) is 7.82. The molecular formula is C19H25N7O2. The number of ether oxygens (including phenoxy) is 2. The summed E-state index contributed by atoms with van der Waals surface area (Å²) in [7, 11) is 3.21. The highest BCUT2D eigenvalue weighted by molar-refractivity contribution is 5.65. The fourth-order valence-corrected chi connectivity index (χ4v) is 3.75. The molecule has 2 aromatic heterocycles. The van der Waals surface area contributed by atoms with Crippen molar-refractivity contribution < 1.29 is 9.47 Å². The first-order chi connectivity index (χ1) is 13.6. The molecule has 1 saturated carbocycles. The third kappa shape index (κ3) is 3.40. The van der Waals surface area contributed by atoms with E-state index < -0.39 is 0 Å². The maximum atomic E-state index is 6.37. The van der Waals surface area contributed by atoms with E-state index in [0.717, 1.165) is 37.1 Å². The van der Waals surface area contributed by atoms with Crippen LogP contribution in [0.2, 0.25) is 0 Å². The van der Waals surface area contributed by atoms with E-state index in [1.54, 1.807) is 31.0 Å². The number of aromatic nitrogens is 4. The van der Waals surface area contributed by atoms with E-state index in [4.69, 9.17) is 20.9 Å². The van der Waals surface area contributed by atoms with Crippen LogP contribution < -0.4 is 26.3 Å². The number of hydrogen-bond acceptors (Lipinski definition) is 8. The third-order valence-electron chi connectivity index (χ3n) is 5.22. The van der Waals surface area contributed by atoms with E-state index >= 15 is 0 Å². The van der Waals surface area contributed by atoms with Crippen molar-refractivity contribution in [3.63, 3.8) is 0 Å². The summed E-state index contributed by atoms with van der Waals surface area (Å²) in [6, 6.07) is 5.57.